The van der Waals surface area contributed by atoms with Crippen LogP contribution in [0, 0.1) is 0 Å². The summed E-state index contributed by atoms with van der Waals surface area (Å²) in [6.45, 7) is 4.06. The SMILES string of the molecule is CC(C)c1ncc(C2(N)CC(F)(F)C2)s1. The smallest absolute Gasteiger partial charge is 0.252 e. The van der Waals surface area contributed by atoms with Gasteiger partial charge in [0.05, 0.1) is 10.5 Å². The van der Waals surface area contributed by atoms with E-state index in [1.54, 1.807) is 6.20 Å². The monoisotopic (exact) mass is 232 g/mol. The molecule has 0 amide bonds. The third kappa shape index (κ3) is 1.90. The van der Waals surface area contributed by atoms with Gasteiger partial charge in [0.25, 0.3) is 5.92 Å². The Labute approximate surface area is 91.5 Å². The quantitative estimate of drug-likeness (QED) is 0.851. The summed E-state index contributed by atoms with van der Waals surface area (Å²) < 4.78 is 25.6. The molecular formula is C10H14F2N2S. The fourth-order valence-electron chi connectivity index (χ4n) is 1.83. The molecule has 84 valence electrons. The average molecular weight is 232 g/mol. The minimum Gasteiger partial charge on any atom is -0.320 e. The van der Waals surface area contributed by atoms with Crippen LogP contribution in [0.1, 0.15) is 42.5 Å². The van der Waals surface area contributed by atoms with E-state index in [0.717, 1.165) is 9.88 Å². The predicted octanol–water partition coefficient (Wildman–Crippen LogP) is 2.85. The van der Waals surface area contributed by atoms with Crippen LogP contribution in [-0.2, 0) is 5.54 Å². The second-order valence-corrected chi connectivity index (χ2v) is 5.65. The largest absolute Gasteiger partial charge is 0.320 e. The lowest BCUT2D eigenvalue weighted by Gasteiger charge is -2.43. The Morgan fingerprint density at radius 2 is 2.07 bits per heavy atom. The van der Waals surface area contributed by atoms with Gasteiger partial charge >= 0.3 is 0 Å². The third-order valence-electron chi connectivity index (χ3n) is 2.66. The van der Waals surface area contributed by atoms with Gasteiger partial charge in [-0.1, -0.05) is 13.8 Å². The number of thiazole rings is 1. The number of rotatable bonds is 2. The summed E-state index contributed by atoms with van der Waals surface area (Å²) in [5.74, 6) is -2.26. The molecule has 0 atom stereocenters. The summed E-state index contributed by atoms with van der Waals surface area (Å²) in [6, 6.07) is 0. The van der Waals surface area contributed by atoms with Gasteiger partial charge < -0.3 is 5.73 Å². The van der Waals surface area contributed by atoms with Gasteiger partial charge in [-0.05, 0) is 0 Å². The Hall–Kier alpha value is -0.550. The van der Waals surface area contributed by atoms with Gasteiger partial charge in [0.1, 0.15) is 0 Å². The highest BCUT2D eigenvalue weighted by atomic mass is 32.1. The van der Waals surface area contributed by atoms with Gasteiger partial charge in [-0.3, -0.25) is 0 Å². The lowest BCUT2D eigenvalue weighted by molar-refractivity contribution is -0.124. The number of aromatic nitrogens is 1. The van der Waals surface area contributed by atoms with Crippen molar-refractivity contribution in [2.75, 3.05) is 0 Å². The van der Waals surface area contributed by atoms with Gasteiger partial charge in [-0.25, -0.2) is 13.8 Å². The van der Waals surface area contributed by atoms with Gasteiger partial charge in [0, 0.05) is 29.8 Å². The lowest BCUT2D eigenvalue weighted by Crippen LogP contribution is -2.55. The van der Waals surface area contributed by atoms with E-state index in [-0.39, 0.29) is 12.8 Å². The number of nitrogens with two attached hydrogens (primary N) is 1. The Morgan fingerprint density at radius 1 is 1.47 bits per heavy atom. The van der Waals surface area contributed by atoms with E-state index in [0.29, 0.717) is 5.92 Å². The fraction of sp³-hybridized carbons (Fsp3) is 0.700. The van der Waals surface area contributed by atoms with E-state index < -0.39 is 11.5 Å². The van der Waals surface area contributed by atoms with Crippen LogP contribution >= 0.6 is 11.3 Å². The first-order valence-corrected chi connectivity index (χ1v) is 5.77. The van der Waals surface area contributed by atoms with Crippen molar-refractivity contribution in [1.29, 1.82) is 0 Å². The first-order valence-electron chi connectivity index (χ1n) is 4.95. The van der Waals surface area contributed by atoms with Crippen LogP contribution < -0.4 is 5.73 Å². The van der Waals surface area contributed by atoms with Crippen molar-refractivity contribution in [2.45, 2.75) is 44.1 Å². The minimum atomic E-state index is -2.59. The van der Waals surface area contributed by atoms with E-state index in [2.05, 4.69) is 4.98 Å². The average Bonchev–Trinajstić information content (AvgIpc) is 2.47. The molecule has 5 heteroatoms. The van der Waals surface area contributed by atoms with Crippen molar-refractivity contribution < 1.29 is 8.78 Å². The van der Waals surface area contributed by atoms with Crippen molar-refractivity contribution in [3.05, 3.63) is 16.1 Å². The van der Waals surface area contributed by atoms with Crippen molar-refractivity contribution >= 4 is 11.3 Å². The maximum atomic E-state index is 12.8. The molecule has 1 heterocycles. The number of halogens is 2. The Morgan fingerprint density at radius 3 is 2.47 bits per heavy atom. The molecule has 1 aliphatic carbocycles. The molecule has 0 unspecified atom stereocenters. The van der Waals surface area contributed by atoms with Crippen molar-refractivity contribution in [3.8, 4) is 0 Å². The van der Waals surface area contributed by atoms with E-state index in [1.807, 2.05) is 13.8 Å². The van der Waals surface area contributed by atoms with Gasteiger partial charge in [-0.2, -0.15) is 0 Å². The zero-order valence-corrected chi connectivity index (χ0v) is 9.57. The molecule has 0 spiro atoms. The lowest BCUT2D eigenvalue weighted by atomic mass is 9.73. The van der Waals surface area contributed by atoms with Crippen LogP contribution in [0.25, 0.3) is 0 Å². The molecule has 1 aliphatic rings. The van der Waals surface area contributed by atoms with Crippen LogP contribution in [0.3, 0.4) is 0 Å². The second-order valence-electron chi connectivity index (χ2n) is 4.58. The highest BCUT2D eigenvalue weighted by molar-refractivity contribution is 7.11. The molecule has 2 nitrogen and oxygen atoms in total. The molecule has 15 heavy (non-hydrogen) atoms. The van der Waals surface area contributed by atoms with Crippen LogP contribution in [0.15, 0.2) is 6.20 Å². The Balaban J connectivity index is 2.17. The Kier molecular flexibility index (Phi) is 2.35. The van der Waals surface area contributed by atoms with Gasteiger partial charge in [0.15, 0.2) is 0 Å². The number of hydrogen-bond donors (Lipinski definition) is 1. The molecular weight excluding hydrogens is 218 g/mol. The van der Waals surface area contributed by atoms with E-state index in [1.165, 1.54) is 11.3 Å². The normalized spacial score (nSPS) is 22.8. The molecule has 0 saturated heterocycles. The van der Waals surface area contributed by atoms with Crippen molar-refractivity contribution in [2.24, 2.45) is 5.73 Å². The zero-order valence-electron chi connectivity index (χ0n) is 8.76. The summed E-state index contributed by atoms with van der Waals surface area (Å²) in [5, 5.41) is 0.963. The fourth-order valence-corrected chi connectivity index (χ4v) is 2.85. The molecule has 1 saturated carbocycles. The molecule has 0 aliphatic heterocycles. The topological polar surface area (TPSA) is 38.9 Å². The van der Waals surface area contributed by atoms with Crippen molar-refractivity contribution in [1.82, 2.24) is 4.98 Å². The first-order chi connectivity index (χ1) is 6.82. The molecule has 0 radical (unpaired) electrons. The first kappa shape index (κ1) is 11.0. The molecule has 1 fully saturated rings. The Bertz CT molecular complexity index is 365. The summed E-state index contributed by atoms with van der Waals surface area (Å²) in [6.07, 6.45) is 1.15. The van der Waals surface area contributed by atoms with E-state index in [4.69, 9.17) is 5.73 Å². The summed E-state index contributed by atoms with van der Waals surface area (Å²) >= 11 is 1.46. The second kappa shape index (κ2) is 3.22. The van der Waals surface area contributed by atoms with Crippen LogP contribution in [0.5, 0.6) is 0 Å². The molecule has 0 aromatic carbocycles. The van der Waals surface area contributed by atoms with Gasteiger partial charge in [-0.15, -0.1) is 11.3 Å². The summed E-state index contributed by atoms with van der Waals surface area (Å²) in [5.41, 5.74) is 5.06. The van der Waals surface area contributed by atoms with Crippen LogP contribution in [0.4, 0.5) is 8.78 Å². The van der Waals surface area contributed by atoms with E-state index >= 15 is 0 Å². The zero-order chi connectivity index (χ0) is 11.3. The summed E-state index contributed by atoms with van der Waals surface area (Å²) in [4.78, 5) is 4.99. The third-order valence-corrected chi connectivity index (χ3v) is 4.17. The molecule has 1 aromatic rings. The molecule has 1 aromatic heterocycles. The maximum Gasteiger partial charge on any atom is 0.252 e. The highest BCUT2D eigenvalue weighted by Gasteiger charge is 2.56. The standard InChI is InChI=1S/C10H14F2N2S/c1-6(2)8-14-3-7(15-8)9(13)4-10(11,12)5-9/h3,6H,4-5,13H2,1-2H3. The van der Waals surface area contributed by atoms with Crippen molar-refractivity contribution in [3.63, 3.8) is 0 Å². The predicted molar refractivity (Wildman–Crippen MR) is 56.2 cm³/mol. The molecule has 2 rings (SSSR count). The van der Waals surface area contributed by atoms with Crippen LogP contribution in [-0.4, -0.2) is 10.9 Å². The number of nitrogens with zero attached hydrogens (tertiary/aromatic N) is 1. The van der Waals surface area contributed by atoms with E-state index in [9.17, 15) is 8.78 Å². The number of alkyl halides is 2. The van der Waals surface area contributed by atoms with Gasteiger partial charge in [0.2, 0.25) is 0 Å². The van der Waals surface area contributed by atoms with Crippen LogP contribution in [0.2, 0.25) is 0 Å². The minimum absolute atomic E-state index is 0.250. The highest BCUT2D eigenvalue weighted by Crippen LogP contribution is 2.51. The summed E-state index contributed by atoms with van der Waals surface area (Å²) in [7, 11) is 0. The molecule has 2 N–H and O–H groups in total. The molecule has 0 bridgehead atoms. The maximum absolute atomic E-state index is 12.8. The number of hydrogen-bond acceptors (Lipinski definition) is 3.